The molecule has 0 rings (SSSR count). The van der Waals surface area contributed by atoms with Crippen molar-refractivity contribution in [2.45, 2.75) is 6.42 Å². The van der Waals surface area contributed by atoms with Crippen LogP contribution in [0.3, 0.4) is 0 Å². The zero-order chi connectivity index (χ0) is 10.4. The molecular formula is C7H12O4S2. The van der Waals surface area contributed by atoms with Gasteiger partial charge in [-0.05, 0) is 6.42 Å². The van der Waals surface area contributed by atoms with E-state index in [0.717, 1.165) is 0 Å². The van der Waals surface area contributed by atoms with Crippen LogP contribution >= 0.6 is 25.3 Å². The lowest BCUT2D eigenvalue weighted by Crippen LogP contribution is -2.25. The van der Waals surface area contributed by atoms with E-state index in [1.54, 1.807) is 0 Å². The fraction of sp³-hybridized carbons (Fsp3) is 0.714. The Morgan fingerprint density at radius 3 is 1.46 bits per heavy atom. The molecule has 0 aromatic rings. The Balaban J connectivity index is 4.19. The number of rotatable bonds is 6. The van der Waals surface area contributed by atoms with Gasteiger partial charge in [-0.1, -0.05) is 0 Å². The van der Waals surface area contributed by atoms with Crippen molar-refractivity contribution < 1.29 is 19.8 Å². The standard InChI is InChI=1S/C7H12O4S2/c8-6(9)4(2-12)1-5(3-13)7(10)11/h4-5,12-13H,1-3H2,(H,8,9)(H,10,11)/t4-,5-/m0/s1. The summed E-state index contributed by atoms with van der Waals surface area (Å²) in [6.07, 6.45) is 0.0810. The maximum absolute atomic E-state index is 10.5. The van der Waals surface area contributed by atoms with Crippen LogP contribution in [0.4, 0.5) is 0 Å². The van der Waals surface area contributed by atoms with Crippen LogP contribution in [0.2, 0.25) is 0 Å². The first kappa shape index (κ1) is 12.6. The van der Waals surface area contributed by atoms with E-state index in [4.69, 9.17) is 10.2 Å². The minimum atomic E-state index is -1.01. The van der Waals surface area contributed by atoms with Gasteiger partial charge in [-0.25, -0.2) is 0 Å². The number of carbonyl (C=O) groups is 2. The van der Waals surface area contributed by atoms with E-state index < -0.39 is 23.8 Å². The summed E-state index contributed by atoms with van der Waals surface area (Å²) in [5.74, 6) is -3.15. The molecule has 0 spiro atoms. The molecule has 0 saturated heterocycles. The van der Waals surface area contributed by atoms with Gasteiger partial charge in [0.15, 0.2) is 0 Å². The summed E-state index contributed by atoms with van der Waals surface area (Å²) in [6.45, 7) is 0. The second kappa shape index (κ2) is 6.15. The van der Waals surface area contributed by atoms with E-state index in [1.807, 2.05) is 0 Å². The molecule has 6 heteroatoms. The van der Waals surface area contributed by atoms with Crippen LogP contribution in [0.5, 0.6) is 0 Å². The third kappa shape index (κ3) is 4.42. The quantitative estimate of drug-likeness (QED) is 0.499. The highest BCUT2D eigenvalue weighted by atomic mass is 32.1. The minimum Gasteiger partial charge on any atom is -0.481 e. The van der Waals surface area contributed by atoms with E-state index >= 15 is 0 Å². The number of hydrogen-bond donors (Lipinski definition) is 4. The van der Waals surface area contributed by atoms with Crippen molar-refractivity contribution in [1.29, 1.82) is 0 Å². The van der Waals surface area contributed by atoms with Crippen LogP contribution in [0, 0.1) is 11.8 Å². The smallest absolute Gasteiger partial charge is 0.307 e. The zero-order valence-corrected chi connectivity index (χ0v) is 8.67. The van der Waals surface area contributed by atoms with Gasteiger partial charge in [0.25, 0.3) is 0 Å². The molecule has 0 aromatic heterocycles. The van der Waals surface area contributed by atoms with E-state index in [-0.39, 0.29) is 17.9 Å². The molecule has 0 fully saturated rings. The molecule has 76 valence electrons. The Bertz CT molecular complexity index is 175. The summed E-state index contributed by atoms with van der Waals surface area (Å²) in [4.78, 5) is 21.1. The Labute approximate surface area is 87.2 Å². The fourth-order valence-electron chi connectivity index (χ4n) is 0.850. The molecule has 0 radical (unpaired) electrons. The molecule has 0 saturated carbocycles. The Morgan fingerprint density at radius 2 is 1.31 bits per heavy atom. The van der Waals surface area contributed by atoms with Crippen LogP contribution in [0.15, 0.2) is 0 Å². The zero-order valence-electron chi connectivity index (χ0n) is 6.88. The number of aliphatic carboxylic acids is 2. The lowest BCUT2D eigenvalue weighted by molar-refractivity contribution is -0.144. The van der Waals surface area contributed by atoms with Gasteiger partial charge < -0.3 is 10.2 Å². The monoisotopic (exact) mass is 224 g/mol. The van der Waals surface area contributed by atoms with E-state index in [1.165, 1.54) is 0 Å². The first-order valence-corrected chi connectivity index (χ1v) is 4.96. The summed E-state index contributed by atoms with van der Waals surface area (Å²) in [6, 6.07) is 0. The summed E-state index contributed by atoms with van der Waals surface area (Å²) >= 11 is 7.68. The highest BCUT2D eigenvalue weighted by Gasteiger charge is 2.24. The van der Waals surface area contributed by atoms with Crippen molar-refractivity contribution in [3.05, 3.63) is 0 Å². The molecule has 0 aliphatic carbocycles. The van der Waals surface area contributed by atoms with Gasteiger partial charge in [0, 0.05) is 11.5 Å². The lowest BCUT2D eigenvalue weighted by atomic mass is 9.97. The van der Waals surface area contributed by atoms with Gasteiger partial charge in [0.1, 0.15) is 0 Å². The average Bonchev–Trinajstić information content (AvgIpc) is 2.05. The van der Waals surface area contributed by atoms with Gasteiger partial charge >= 0.3 is 11.9 Å². The molecule has 0 unspecified atom stereocenters. The second-order valence-electron chi connectivity index (χ2n) is 2.67. The Hall–Kier alpha value is -0.360. The van der Waals surface area contributed by atoms with Crippen molar-refractivity contribution in [3.8, 4) is 0 Å². The predicted octanol–water partition coefficient (Wildman–Crippen LogP) is 0.638. The van der Waals surface area contributed by atoms with E-state index in [9.17, 15) is 9.59 Å². The largest absolute Gasteiger partial charge is 0.481 e. The van der Waals surface area contributed by atoms with Gasteiger partial charge in [-0.3, -0.25) is 9.59 Å². The van der Waals surface area contributed by atoms with Crippen molar-refractivity contribution in [2.24, 2.45) is 11.8 Å². The first-order valence-electron chi connectivity index (χ1n) is 3.70. The number of carboxylic acid groups (broad SMARTS) is 2. The normalized spacial score (nSPS) is 14.9. The maximum atomic E-state index is 10.5. The second-order valence-corrected chi connectivity index (χ2v) is 3.40. The molecule has 0 aliphatic heterocycles. The molecule has 0 aromatic carbocycles. The molecule has 0 heterocycles. The third-order valence-corrected chi connectivity index (χ3v) is 2.59. The number of carboxylic acids is 2. The Kier molecular flexibility index (Phi) is 5.98. The third-order valence-electron chi connectivity index (χ3n) is 1.71. The molecular weight excluding hydrogens is 212 g/mol. The van der Waals surface area contributed by atoms with Gasteiger partial charge in [-0.15, -0.1) is 0 Å². The molecule has 4 nitrogen and oxygen atoms in total. The highest BCUT2D eigenvalue weighted by Crippen LogP contribution is 2.15. The van der Waals surface area contributed by atoms with Crippen LogP contribution in [-0.2, 0) is 9.59 Å². The van der Waals surface area contributed by atoms with Crippen LogP contribution < -0.4 is 0 Å². The summed E-state index contributed by atoms with van der Waals surface area (Å²) in [5.41, 5.74) is 0. The molecule has 2 N–H and O–H groups in total. The summed E-state index contributed by atoms with van der Waals surface area (Å²) in [5, 5.41) is 17.3. The fourth-order valence-corrected chi connectivity index (χ4v) is 1.46. The first-order chi connectivity index (χ1) is 6.02. The summed E-state index contributed by atoms with van der Waals surface area (Å²) < 4.78 is 0. The SMILES string of the molecule is O=C(O)[C@H](CS)C[C@@H](CS)C(=O)O. The molecule has 2 atom stereocenters. The van der Waals surface area contributed by atoms with Crippen molar-refractivity contribution >= 4 is 37.2 Å². The number of thiol groups is 2. The predicted molar refractivity (Wildman–Crippen MR) is 54.6 cm³/mol. The Morgan fingerprint density at radius 1 is 1.00 bits per heavy atom. The van der Waals surface area contributed by atoms with Crippen molar-refractivity contribution in [3.63, 3.8) is 0 Å². The van der Waals surface area contributed by atoms with Gasteiger partial charge in [0.05, 0.1) is 11.8 Å². The molecule has 0 amide bonds. The molecule has 0 aliphatic rings. The van der Waals surface area contributed by atoms with Crippen LogP contribution in [0.1, 0.15) is 6.42 Å². The van der Waals surface area contributed by atoms with Crippen molar-refractivity contribution in [1.82, 2.24) is 0 Å². The van der Waals surface area contributed by atoms with Crippen LogP contribution in [0.25, 0.3) is 0 Å². The molecule has 13 heavy (non-hydrogen) atoms. The topological polar surface area (TPSA) is 74.6 Å². The van der Waals surface area contributed by atoms with Gasteiger partial charge in [0.2, 0.25) is 0 Å². The average molecular weight is 224 g/mol. The lowest BCUT2D eigenvalue weighted by Gasteiger charge is -2.13. The maximum Gasteiger partial charge on any atom is 0.307 e. The highest BCUT2D eigenvalue weighted by molar-refractivity contribution is 7.80. The van der Waals surface area contributed by atoms with E-state index in [2.05, 4.69) is 25.3 Å². The number of hydrogen-bond acceptors (Lipinski definition) is 4. The molecule has 0 bridgehead atoms. The van der Waals surface area contributed by atoms with E-state index in [0.29, 0.717) is 0 Å². The van der Waals surface area contributed by atoms with Crippen LogP contribution in [-0.4, -0.2) is 33.7 Å². The minimum absolute atomic E-state index is 0.0810. The van der Waals surface area contributed by atoms with Gasteiger partial charge in [-0.2, -0.15) is 25.3 Å². The summed E-state index contributed by atoms with van der Waals surface area (Å²) in [7, 11) is 0. The van der Waals surface area contributed by atoms with Crippen molar-refractivity contribution in [2.75, 3.05) is 11.5 Å².